The maximum Gasteiger partial charge on any atom is 0.472 e. The van der Waals surface area contributed by atoms with Gasteiger partial charge in [0.25, 0.3) is 0 Å². The van der Waals surface area contributed by atoms with E-state index < -0.39 is 75.2 Å². The van der Waals surface area contributed by atoms with E-state index >= 15 is 0 Å². The second-order valence-electron chi connectivity index (χ2n) is 17.8. The monoisotopic (exact) mass is 918 g/mol. The number of carbonyl (C=O) groups excluding carboxylic acids is 1. The minimum absolute atomic E-state index is 0.258. The van der Waals surface area contributed by atoms with Gasteiger partial charge < -0.3 is 46.0 Å². The minimum atomic E-state index is -5.15. The third kappa shape index (κ3) is 30.4. The number of phosphoric ester groups is 1. The van der Waals surface area contributed by atoms with Crippen LogP contribution in [0.3, 0.4) is 0 Å². The van der Waals surface area contributed by atoms with E-state index in [0.29, 0.717) is 12.8 Å². The lowest BCUT2D eigenvalue weighted by atomic mass is 9.85. The smallest absolute Gasteiger partial charge is 0.393 e. The molecular formula is C49H92NO12P. The lowest BCUT2D eigenvalue weighted by Crippen LogP contribution is -2.64. The Bertz CT molecular complexity index is 1220. The summed E-state index contributed by atoms with van der Waals surface area (Å²) in [7, 11) is -5.15. The third-order valence-electron chi connectivity index (χ3n) is 11.9. The average molecular weight is 918 g/mol. The van der Waals surface area contributed by atoms with Crippen LogP contribution in [-0.4, -0.2) is 108 Å². The second kappa shape index (κ2) is 38.6. The molecule has 1 aliphatic carbocycles. The maximum absolute atomic E-state index is 13.0. The van der Waals surface area contributed by atoms with Crippen molar-refractivity contribution < 1.29 is 59.0 Å². The van der Waals surface area contributed by atoms with Gasteiger partial charge in [-0.05, 0) is 57.8 Å². The van der Waals surface area contributed by atoms with Crippen LogP contribution in [0, 0.1) is 0 Å². The highest BCUT2D eigenvalue weighted by atomic mass is 31.2. The van der Waals surface area contributed by atoms with Gasteiger partial charge in [-0.15, -0.1) is 0 Å². The highest BCUT2D eigenvalue weighted by Crippen LogP contribution is 2.47. The number of hydrogen-bond acceptors (Lipinski definition) is 11. The van der Waals surface area contributed by atoms with E-state index in [4.69, 9.17) is 9.05 Å². The molecule has 14 heteroatoms. The zero-order chi connectivity index (χ0) is 46.6. The quantitative estimate of drug-likeness (QED) is 0.0159. The zero-order valence-electron chi connectivity index (χ0n) is 39.2. The molecule has 370 valence electrons. The molecule has 1 aliphatic rings. The molecule has 0 bridgehead atoms. The van der Waals surface area contributed by atoms with Crippen LogP contribution >= 0.6 is 7.82 Å². The molecule has 0 radical (unpaired) electrons. The first-order chi connectivity index (χ1) is 30.3. The number of amides is 1. The Balaban J connectivity index is 2.54. The van der Waals surface area contributed by atoms with Gasteiger partial charge in [-0.3, -0.25) is 13.8 Å². The fourth-order valence-corrected chi connectivity index (χ4v) is 8.81. The van der Waals surface area contributed by atoms with Gasteiger partial charge in [0, 0.05) is 0 Å². The topological polar surface area (TPSA) is 226 Å². The van der Waals surface area contributed by atoms with E-state index in [2.05, 4.69) is 43.5 Å². The van der Waals surface area contributed by atoms with Gasteiger partial charge in [-0.1, -0.05) is 179 Å². The van der Waals surface area contributed by atoms with Crippen LogP contribution in [0.15, 0.2) is 36.5 Å². The number of aliphatic hydroxyl groups excluding tert-OH is 7. The van der Waals surface area contributed by atoms with E-state index in [-0.39, 0.29) is 6.42 Å². The van der Waals surface area contributed by atoms with Gasteiger partial charge >= 0.3 is 7.82 Å². The van der Waals surface area contributed by atoms with Crippen molar-refractivity contribution in [1.29, 1.82) is 0 Å². The largest absolute Gasteiger partial charge is 0.472 e. The molecule has 0 spiro atoms. The standard InChI is InChI=1S/C49H92NO12P/c1-3-5-7-9-11-13-15-17-18-19-20-21-22-23-25-27-29-31-33-35-37-42(52)41(39-61-63(59,60)62-49-47(57)45(55)44(54)46(56)48(49)58)50-43(53)38-40(51)36-34-32-30-28-26-24-16-14-12-10-8-6-4-2/h14,16,27,29,35,37,40-42,44-49,51-52,54-58H,3-13,15,17-26,28,30-34,36,38-39H2,1-2H3,(H,50,53)(H,59,60)/b16-14-,29-27+,37-35+. The van der Waals surface area contributed by atoms with Crippen LogP contribution in [0.2, 0.25) is 0 Å². The van der Waals surface area contributed by atoms with E-state index in [1.165, 1.54) is 115 Å². The summed E-state index contributed by atoms with van der Waals surface area (Å²) in [5.74, 6) is -0.608. The molecule has 0 aromatic heterocycles. The fourth-order valence-electron chi connectivity index (χ4n) is 7.84. The van der Waals surface area contributed by atoms with Crippen molar-refractivity contribution in [2.45, 2.75) is 261 Å². The Morgan fingerprint density at radius 2 is 0.937 bits per heavy atom. The van der Waals surface area contributed by atoms with Gasteiger partial charge in [0.1, 0.15) is 36.6 Å². The Hall–Kier alpha value is -1.48. The molecule has 8 atom stereocenters. The summed E-state index contributed by atoms with van der Waals surface area (Å²) in [5.41, 5.74) is 0. The first-order valence-corrected chi connectivity index (χ1v) is 26.5. The van der Waals surface area contributed by atoms with Gasteiger partial charge in [0.05, 0.1) is 31.3 Å². The third-order valence-corrected chi connectivity index (χ3v) is 12.9. The predicted octanol–water partition coefficient (Wildman–Crippen LogP) is 8.92. The Kier molecular flexibility index (Phi) is 36.5. The SMILES string of the molecule is CCCCCC/C=C\CCCCCCCC(O)CC(=O)NC(COP(=O)(O)OC1C(O)C(O)C(O)C(O)C1O)C(O)/C=C/CC/C=C/CCCCCCCCCCCCCCCC. The van der Waals surface area contributed by atoms with Gasteiger partial charge in [-0.2, -0.15) is 0 Å². The number of carbonyl (C=O) groups is 1. The van der Waals surface area contributed by atoms with Crippen molar-refractivity contribution >= 4 is 13.7 Å². The van der Waals surface area contributed by atoms with Crippen molar-refractivity contribution in [2.24, 2.45) is 0 Å². The molecule has 1 fully saturated rings. The van der Waals surface area contributed by atoms with E-state index in [9.17, 15) is 50.0 Å². The van der Waals surface area contributed by atoms with Gasteiger partial charge in [0.15, 0.2) is 0 Å². The summed E-state index contributed by atoms with van der Waals surface area (Å²) in [6, 6.07) is -1.26. The molecule has 1 amide bonds. The first-order valence-electron chi connectivity index (χ1n) is 25.0. The highest BCUT2D eigenvalue weighted by molar-refractivity contribution is 7.47. The molecular weight excluding hydrogens is 826 g/mol. The summed E-state index contributed by atoms with van der Waals surface area (Å²) < 4.78 is 22.9. The Morgan fingerprint density at radius 1 is 0.556 bits per heavy atom. The molecule has 1 rings (SSSR count). The van der Waals surface area contributed by atoms with Crippen LogP contribution in [0.25, 0.3) is 0 Å². The number of aliphatic hydroxyl groups is 7. The van der Waals surface area contributed by atoms with Crippen LogP contribution in [-0.2, 0) is 18.4 Å². The van der Waals surface area contributed by atoms with Crippen molar-refractivity contribution in [3.63, 3.8) is 0 Å². The predicted molar refractivity (Wildman–Crippen MR) is 252 cm³/mol. The Morgan fingerprint density at radius 3 is 1.41 bits per heavy atom. The van der Waals surface area contributed by atoms with E-state index in [1.807, 2.05) is 0 Å². The molecule has 8 unspecified atom stereocenters. The normalized spacial score (nSPS) is 23.1. The number of hydrogen-bond donors (Lipinski definition) is 9. The molecule has 63 heavy (non-hydrogen) atoms. The summed E-state index contributed by atoms with van der Waals surface area (Å²) in [4.78, 5) is 23.5. The van der Waals surface area contributed by atoms with E-state index in [0.717, 1.165) is 64.2 Å². The van der Waals surface area contributed by atoms with Crippen molar-refractivity contribution in [2.75, 3.05) is 6.61 Å². The summed E-state index contributed by atoms with van der Waals surface area (Å²) in [5, 5.41) is 74.5. The van der Waals surface area contributed by atoms with Crippen molar-refractivity contribution in [3.8, 4) is 0 Å². The minimum Gasteiger partial charge on any atom is -0.393 e. The highest BCUT2D eigenvalue weighted by Gasteiger charge is 2.51. The fraction of sp³-hybridized carbons (Fsp3) is 0.857. The zero-order valence-corrected chi connectivity index (χ0v) is 40.1. The number of allylic oxidation sites excluding steroid dienone is 5. The van der Waals surface area contributed by atoms with Crippen LogP contribution < -0.4 is 5.32 Å². The van der Waals surface area contributed by atoms with E-state index in [1.54, 1.807) is 6.08 Å². The summed E-state index contributed by atoms with van der Waals surface area (Å²) in [6.45, 7) is 3.72. The lowest BCUT2D eigenvalue weighted by Gasteiger charge is -2.41. The number of nitrogens with one attached hydrogen (secondary N) is 1. The summed E-state index contributed by atoms with van der Waals surface area (Å²) >= 11 is 0. The molecule has 0 aliphatic heterocycles. The first kappa shape index (κ1) is 59.5. The van der Waals surface area contributed by atoms with Crippen LogP contribution in [0.4, 0.5) is 0 Å². The lowest BCUT2D eigenvalue weighted by molar-refractivity contribution is -0.220. The van der Waals surface area contributed by atoms with Gasteiger partial charge in [0.2, 0.25) is 5.91 Å². The maximum atomic E-state index is 13.0. The van der Waals surface area contributed by atoms with Crippen LogP contribution in [0.5, 0.6) is 0 Å². The molecule has 0 aromatic rings. The second-order valence-corrected chi connectivity index (χ2v) is 19.2. The molecule has 1 saturated carbocycles. The molecule has 9 N–H and O–H groups in total. The van der Waals surface area contributed by atoms with Crippen LogP contribution in [0.1, 0.15) is 206 Å². The number of rotatable bonds is 41. The van der Waals surface area contributed by atoms with Crippen molar-refractivity contribution in [1.82, 2.24) is 5.32 Å². The molecule has 0 saturated heterocycles. The number of phosphoric acid groups is 1. The van der Waals surface area contributed by atoms with Crippen molar-refractivity contribution in [3.05, 3.63) is 36.5 Å². The Labute approximate surface area is 381 Å². The molecule has 0 aromatic carbocycles. The van der Waals surface area contributed by atoms with Gasteiger partial charge in [-0.25, -0.2) is 4.57 Å². The molecule has 0 heterocycles. The average Bonchev–Trinajstić information content (AvgIpc) is 3.26. The summed E-state index contributed by atoms with van der Waals surface area (Å²) in [6.07, 6.45) is 30.9. The number of unbranched alkanes of at least 4 members (excludes halogenated alkanes) is 24. The molecule has 13 nitrogen and oxygen atoms in total.